The fourth-order valence-electron chi connectivity index (χ4n) is 3.86. The smallest absolute Gasteiger partial charge is 0.242 e. The Hall–Kier alpha value is -2.04. The lowest BCUT2D eigenvalue weighted by Crippen LogP contribution is -2.47. The Balaban J connectivity index is 1.69. The van der Waals surface area contributed by atoms with Crippen LogP contribution in [0.5, 0.6) is 5.75 Å². The number of carbonyl (C=O) groups excluding carboxylic acids is 2. The van der Waals surface area contributed by atoms with Gasteiger partial charge in [-0.1, -0.05) is 25.0 Å². The monoisotopic (exact) mass is 372 g/mol. The molecule has 2 amide bonds. The summed E-state index contributed by atoms with van der Waals surface area (Å²) in [6.07, 6.45) is 7.16. The highest BCUT2D eigenvalue weighted by Crippen LogP contribution is 2.36. The van der Waals surface area contributed by atoms with Crippen LogP contribution < -0.4 is 4.74 Å². The van der Waals surface area contributed by atoms with Crippen LogP contribution in [0.15, 0.2) is 24.3 Å². The second-order valence-electron chi connectivity index (χ2n) is 7.93. The fraction of sp³-hybridized carbons (Fsp3) is 0.636. The van der Waals surface area contributed by atoms with Crippen molar-refractivity contribution in [1.82, 2.24) is 9.80 Å². The van der Waals surface area contributed by atoms with Gasteiger partial charge in [-0.25, -0.2) is 0 Å². The number of benzene rings is 1. The molecule has 1 saturated carbocycles. The van der Waals surface area contributed by atoms with Gasteiger partial charge >= 0.3 is 0 Å². The third-order valence-corrected chi connectivity index (χ3v) is 5.88. The van der Waals surface area contributed by atoms with Crippen molar-refractivity contribution >= 4 is 11.8 Å². The molecule has 1 heterocycles. The number of hydrogen-bond acceptors (Lipinski definition) is 3. The lowest BCUT2D eigenvalue weighted by atomic mass is 10.1. The average molecular weight is 373 g/mol. The molecule has 5 nitrogen and oxygen atoms in total. The number of hydrogen-bond donors (Lipinski definition) is 0. The van der Waals surface area contributed by atoms with Gasteiger partial charge in [-0.3, -0.25) is 9.59 Å². The number of nitrogens with zero attached hydrogens (tertiary/aromatic N) is 2. The van der Waals surface area contributed by atoms with Crippen molar-refractivity contribution in [2.45, 2.75) is 64.5 Å². The SMILES string of the molecule is COc1ccc(CN(C(=O)CN2CCCCCCC2=O)C(C)C2CC2)cc1. The van der Waals surface area contributed by atoms with E-state index >= 15 is 0 Å². The maximum Gasteiger partial charge on any atom is 0.242 e. The van der Waals surface area contributed by atoms with Crippen LogP contribution >= 0.6 is 0 Å². The van der Waals surface area contributed by atoms with Crippen LogP contribution in [0.2, 0.25) is 0 Å². The highest BCUT2D eigenvalue weighted by molar-refractivity contribution is 5.85. The van der Waals surface area contributed by atoms with E-state index in [-0.39, 0.29) is 24.4 Å². The molecule has 148 valence electrons. The number of likely N-dealkylation sites (tertiary alicyclic amines) is 1. The van der Waals surface area contributed by atoms with Gasteiger partial charge in [0.2, 0.25) is 11.8 Å². The van der Waals surface area contributed by atoms with Crippen molar-refractivity contribution in [2.24, 2.45) is 5.92 Å². The Morgan fingerprint density at radius 1 is 1.19 bits per heavy atom. The van der Waals surface area contributed by atoms with Gasteiger partial charge in [-0.15, -0.1) is 0 Å². The molecule has 0 bridgehead atoms. The summed E-state index contributed by atoms with van der Waals surface area (Å²) in [4.78, 5) is 29.3. The molecule has 1 atom stereocenters. The Kier molecular flexibility index (Phi) is 6.75. The van der Waals surface area contributed by atoms with E-state index in [1.54, 1.807) is 12.0 Å². The Morgan fingerprint density at radius 2 is 1.89 bits per heavy atom. The minimum atomic E-state index is 0.0686. The largest absolute Gasteiger partial charge is 0.497 e. The van der Waals surface area contributed by atoms with Crippen LogP contribution in [-0.2, 0) is 16.1 Å². The molecule has 1 aliphatic heterocycles. The Morgan fingerprint density at radius 3 is 2.56 bits per heavy atom. The molecule has 1 aromatic rings. The number of carbonyl (C=O) groups is 2. The summed E-state index contributed by atoms with van der Waals surface area (Å²) < 4.78 is 5.23. The third-order valence-electron chi connectivity index (χ3n) is 5.88. The van der Waals surface area contributed by atoms with Gasteiger partial charge in [0.25, 0.3) is 0 Å². The van der Waals surface area contributed by atoms with E-state index in [0.717, 1.165) is 37.0 Å². The summed E-state index contributed by atoms with van der Waals surface area (Å²) in [5.74, 6) is 1.61. The van der Waals surface area contributed by atoms with Crippen LogP contribution in [0.4, 0.5) is 0 Å². The van der Waals surface area contributed by atoms with E-state index in [4.69, 9.17) is 4.74 Å². The van der Waals surface area contributed by atoms with Crippen LogP contribution in [0, 0.1) is 5.92 Å². The van der Waals surface area contributed by atoms with Gasteiger partial charge in [-0.2, -0.15) is 0 Å². The zero-order valence-electron chi connectivity index (χ0n) is 16.7. The summed E-state index contributed by atoms with van der Waals surface area (Å²) in [6, 6.07) is 8.10. The molecular formula is C22H32N2O3. The van der Waals surface area contributed by atoms with E-state index in [1.807, 2.05) is 29.2 Å². The summed E-state index contributed by atoms with van der Waals surface area (Å²) in [6.45, 7) is 3.65. The molecule has 0 spiro atoms. The molecule has 27 heavy (non-hydrogen) atoms. The van der Waals surface area contributed by atoms with Crippen LogP contribution in [-0.4, -0.2) is 47.9 Å². The zero-order valence-corrected chi connectivity index (χ0v) is 16.7. The van der Waals surface area contributed by atoms with Gasteiger partial charge in [0.1, 0.15) is 5.75 Å². The lowest BCUT2D eigenvalue weighted by molar-refractivity contribution is -0.142. The van der Waals surface area contributed by atoms with Gasteiger partial charge < -0.3 is 14.5 Å². The molecule has 2 aliphatic rings. The second-order valence-corrected chi connectivity index (χ2v) is 7.93. The molecule has 1 unspecified atom stereocenters. The molecule has 1 aliphatic carbocycles. The minimum Gasteiger partial charge on any atom is -0.497 e. The standard InChI is InChI=1S/C22H32N2O3/c1-17(19-10-11-19)24(15-18-8-12-20(27-2)13-9-18)22(26)16-23-14-6-4-3-5-7-21(23)25/h8-9,12-13,17,19H,3-7,10-11,14-16H2,1-2H3. The first-order valence-corrected chi connectivity index (χ1v) is 10.3. The molecular weight excluding hydrogens is 340 g/mol. The zero-order chi connectivity index (χ0) is 19.2. The molecule has 2 fully saturated rings. The number of amides is 2. The maximum atomic E-state index is 13.2. The van der Waals surface area contributed by atoms with E-state index in [0.29, 0.717) is 25.4 Å². The quantitative estimate of drug-likeness (QED) is 0.735. The second kappa shape index (κ2) is 9.25. The highest BCUT2D eigenvalue weighted by Gasteiger charge is 2.35. The van der Waals surface area contributed by atoms with Crippen molar-refractivity contribution in [3.63, 3.8) is 0 Å². The molecule has 0 N–H and O–H groups in total. The Labute approximate surface area is 162 Å². The molecule has 1 aromatic carbocycles. The van der Waals surface area contributed by atoms with Gasteiger partial charge in [-0.05, 0) is 56.2 Å². The molecule has 0 aromatic heterocycles. The van der Waals surface area contributed by atoms with Gasteiger partial charge in [0.05, 0.1) is 13.7 Å². The van der Waals surface area contributed by atoms with E-state index < -0.39 is 0 Å². The minimum absolute atomic E-state index is 0.0686. The van der Waals surface area contributed by atoms with E-state index in [1.165, 1.54) is 12.8 Å². The number of ether oxygens (including phenoxy) is 1. The van der Waals surface area contributed by atoms with Crippen molar-refractivity contribution < 1.29 is 14.3 Å². The first-order valence-electron chi connectivity index (χ1n) is 10.3. The van der Waals surface area contributed by atoms with Crippen LogP contribution in [0.25, 0.3) is 0 Å². The average Bonchev–Trinajstić information content (AvgIpc) is 3.51. The predicted molar refractivity (Wildman–Crippen MR) is 105 cm³/mol. The first-order chi connectivity index (χ1) is 13.1. The predicted octanol–water partition coefficient (Wildman–Crippen LogP) is 3.62. The van der Waals surface area contributed by atoms with Crippen LogP contribution in [0.3, 0.4) is 0 Å². The summed E-state index contributed by atoms with van der Waals surface area (Å²) in [5, 5.41) is 0. The van der Waals surface area contributed by atoms with Crippen molar-refractivity contribution in [2.75, 3.05) is 20.2 Å². The van der Waals surface area contributed by atoms with Crippen molar-refractivity contribution in [1.29, 1.82) is 0 Å². The maximum absolute atomic E-state index is 13.2. The van der Waals surface area contributed by atoms with Crippen molar-refractivity contribution in [3.05, 3.63) is 29.8 Å². The summed E-state index contributed by atoms with van der Waals surface area (Å²) in [5.41, 5.74) is 1.09. The Bertz CT molecular complexity index is 639. The number of rotatable bonds is 7. The molecule has 1 saturated heterocycles. The lowest BCUT2D eigenvalue weighted by Gasteiger charge is -2.33. The highest BCUT2D eigenvalue weighted by atomic mass is 16.5. The fourth-order valence-corrected chi connectivity index (χ4v) is 3.86. The number of methoxy groups -OCH3 is 1. The van der Waals surface area contributed by atoms with E-state index in [9.17, 15) is 9.59 Å². The molecule has 0 radical (unpaired) electrons. The van der Waals surface area contributed by atoms with Gasteiger partial charge in [0.15, 0.2) is 0 Å². The molecule has 3 rings (SSSR count). The summed E-state index contributed by atoms with van der Waals surface area (Å²) >= 11 is 0. The van der Waals surface area contributed by atoms with Crippen LogP contribution in [0.1, 0.15) is 57.4 Å². The topological polar surface area (TPSA) is 49.9 Å². The van der Waals surface area contributed by atoms with Crippen molar-refractivity contribution in [3.8, 4) is 5.75 Å². The van der Waals surface area contributed by atoms with Gasteiger partial charge in [0, 0.05) is 25.6 Å². The first kappa shape index (κ1) is 19.7. The normalized spacial score (nSPS) is 19.2. The van der Waals surface area contributed by atoms with E-state index in [2.05, 4.69) is 6.92 Å². The third kappa shape index (κ3) is 5.47. The molecule has 5 heteroatoms. The summed E-state index contributed by atoms with van der Waals surface area (Å²) in [7, 11) is 1.65.